The summed E-state index contributed by atoms with van der Waals surface area (Å²) in [6.45, 7) is 6.40. The maximum absolute atomic E-state index is 12.2. The third-order valence-corrected chi connectivity index (χ3v) is 3.96. The second kappa shape index (κ2) is 5.42. The van der Waals surface area contributed by atoms with Crippen molar-refractivity contribution in [3.05, 3.63) is 29.8 Å². The third kappa shape index (κ3) is 2.66. The van der Waals surface area contributed by atoms with Gasteiger partial charge in [0.2, 0.25) is 5.91 Å². The van der Waals surface area contributed by atoms with E-state index in [1.165, 1.54) is 5.56 Å². The Morgan fingerprint density at radius 3 is 2.83 bits per heavy atom. The fourth-order valence-corrected chi connectivity index (χ4v) is 2.28. The van der Waals surface area contributed by atoms with Crippen LogP contribution >= 0.6 is 0 Å². The minimum Gasteiger partial charge on any atom is -0.373 e. The topological polar surface area (TPSA) is 41.1 Å². The first-order valence-corrected chi connectivity index (χ1v) is 6.76. The standard InChI is InChI=1S/C15H22N2O/c1-4-10(2)11(3)16-15(18)14-9-12-7-5-6-8-13(12)17-14/h5-8,10-11,14,17H,4,9H2,1-3H3,(H,16,18). The van der Waals surface area contributed by atoms with Crippen molar-refractivity contribution in [2.75, 3.05) is 5.32 Å². The van der Waals surface area contributed by atoms with E-state index >= 15 is 0 Å². The summed E-state index contributed by atoms with van der Waals surface area (Å²) in [5.74, 6) is 0.622. The number of anilines is 1. The summed E-state index contributed by atoms with van der Waals surface area (Å²) < 4.78 is 0. The molecule has 2 rings (SSSR count). The van der Waals surface area contributed by atoms with Crippen LogP contribution < -0.4 is 10.6 Å². The summed E-state index contributed by atoms with van der Waals surface area (Å²) in [6.07, 6.45) is 1.87. The molecule has 1 amide bonds. The van der Waals surface area contributed by atoms with E-state index in [-0.39, 0.29) is 18.0 Å². The summed E-state index contributed by atoms with van der Waals surface area (Å²) in [5, 5.41) is 6.39. The molecule has 0 spiro atoms. The summed E-state index contributed by atoms with van der Waals surface area (Å²) in [5.41, 5.74) is 2.32. The van der Waals surface area contributed by atoms with Crippen LogP contribution in [-0.4, -0.2) is 18.0 Å². The van der Waals surface area contributed by atoms with Gasteiger partial charge in [-0.25, -0.2) is 0 Å². The van der Waals surface area contributed by atoms with Crippen molar-refractivity contribution in [3.8, 4) is 0 Å². The molecule has 0 saturated carbocycles. The van der Waals surface area contributed by atoms with Crippen LogP contribution in [0.15, 0.2) is 24.3 Å². The van der Waals surface area contributed by atoms with Crippen molar-refractivity contribution in [3.63, 3.8) is 0 Å². The SMILES string of the molecule is CCC(C)C(C)NC(=O)C1Cc2ccccc2N1. The Morgan fingerprint density at radius 1 is 1.44 bits per heavy atom. The van der Waals surface area contributed by atoms with Gasteiger partial charge in [-0.1, -0.05) is 38.5 Å². The van der Waals surface area contributed by atoms with Gasteiger partial charge in [0.15, 0.2) is 0 Å². The lowest BCUT2D eigenvalue weighted by molar-refractivity contribution is -0.122. The number of nitrogens with one attached hydrogen (secondary N) is 2. The molecule has 3 unspecified atom stereocenters. The lowest BCUT2D eigenvalue weighted by atomic mass is 10.0. The predicted molar refractivity (Wildman–Crippen MR) is 74.6 cm³/mol. The van der Waals surface area contributed by atoms with Crippen molar-refractivity contribution in [1.29, 1.82) is 0 Å². The fraction of sp³-hybridized carbons (Fsp3) is 0.533. The molecule has 0 bridgehead atoms. The van der Waals surface area contributed by atoms with Crippen molar-refractivity contribution in [1.82, 2.24) is 5.32 Å². The maximum Gasteiger partial charge on any atom is 0.243 e. The molecule has 1 aliphatic rings. The molecule has 3 atom stereocenters. The number of benzene rings is 1. The molecule has 18 heavy (non-hydrogen) atoms. The largest absolute Gasteiger partial charge is 0.373 e. The fourth-order valence-electron chi connectivity index (χ4n) is 2.28. The Bertz CT molecular complexity index is 405. The number of fused-ring (bicyclic) bond motifs is 1. The molecule has 1 heterocycles. The van der Waals surface area contributed by atoms with Crippen molar-refractivity contribution < 1.29 is 4.79 Å². The first-order valence-electron chi connectivity index (χ1n) is 6.76. The van der Waals surface area contributed by atoms with Gasteiger partial charge >= 0.3 is 0 Å². The van der Waals surface area contributed by atoms with Gasteiger partial charge in [0.1, 0.15) is 6.04 Å². The molecule has 0 aromatic heterocycles. The number of para-hydroxylation sites is 1. The predicted octanol–water partition coefficient (Wildman–Crippen LogP) is 2.57. The highest BCUT2D eigenvalue weighted by molar-refractivity contribution is 5.87. The Kier molecular flexibility index (Phi) is 3.90. The van der Waals surface area contributed by atoms with E-state index in [0.717, 1.165) is 18.5 Å². The molecule has 2 N–H and O–H groups in total. The second-order valence-electron chi connectivity index (χ2n) is 5.24. The zero-order chi connectivity index (χ0) is 13.1. The molecule has 0 radical (unpaired) electrons. The minimum absolute atomic E-state index is 0.110. The molecule has 0 saturated heterocycles. The van der Waals surface area contributed by atoms with Gasteiger partial charge in [-0.2, -0.15) is 0 Å². The number of rotatable bonds is 4. The highest BCUT2D eigenvalue weighted by atomic mass is 16.2. The first kappa shape index (κ1) is 12.9. The molecular formula is C15H22N2O. The van der Waals surface area contributed by atoms with Crippen LogP contribution in [0.2, 0.25) is 0 Å². The summed E-state index contributed by atoms with van der Waals surface area (Å²) in [4.78, 5) is 12.2. The molecule has 98 valence electrons. The zero-order valence-electron chi connectivity index (χ0n) is 11.4. The van der Waals surface area contributed by atoms with Gasteiger partial charge in [-0.05, 0) is 24.5 Å². The van der Waals surface area contributed by atoms with Crippen LogP contribution in [0.4, 0.5) is 5.69 Å². The van der Waals surface area contributed by atoms with E-state index in [9.17, 15) is 4.79 Å². The van der Waals surface area contributed by atoms with E-state index in [2.05, 4.69) is 37.5 Å². The third-order valence-electron chi connectivity index (χ3n) is 3.96. The molecule has 1 aliphatic heterocycles. The van der Waals surface area contributed by atoms with Crippen LogP contribution in [-0.2, 0) is 11.2 Å². The van der Waals surface area contributed by atoms with E-state index < -0.39 is 0 Å². The van der Waals surface area contributed by atoms with Gasteiger partial charge in [-0.15, -0.1) is 0 Å². The Hall–Kier alpha value is -1.51. The lowest BCUT2D eigenvalue weighted by Gasteiger charge is -2.22. The van der Waals surface area contributed by atoms with Crippen LogP contribution in [0.5, 0.6) is 0 Å². The quantitative estimate of drug-likeness (QED) is 0.857. The number of hydrogen-bond acceptors (Lipinski definition) is 2. The maximum atomic E-state index is 12.2. The molecule has 3 heteroatoms. The van der Waals surface area contributed by atoms with Gasteiger partial charge in [0.25, 0.3) is 0 Å². The average molecular weight is 246 g/mol. The van der Waals surface area contributed by atoms with Crippen molar-refractivity contribution >= 4 is 11.6 Å². The summed E-state index contributed by atoms with van der Waals surface area (Å²) >= 11 is 0. The molecule has 0 aliphatic carbocycles. The Labute approximate surface area is 109 Å². The molecule has 1 aromatic carbocycles. The lowest BCUT2D eigenvalue weighted by Crippen LogP contribution is -2.45. The van der Waals surface area contributed by atoms with Crippen molar-refractivity contribution in [2.24, 2.45) is 5.92 Å². The number of carbonyl (C=O) groups is 1. The number of amides is 1. The number of hydrogen-bond donors (Lipinski definition) is 2. The van der Waals surface area contributed by atoms with Gasteiger partial charge in [-0.3, -0.25) is 4.79 Å². The van der Waals surface area contributed by atoms with Crippen molar-refractivity contribution in [2.45, 2.75) is 45.7 Å². The summed E-state index contributed by atoms with van der Waals surface area (Å²) in [7, 11) is 0. The number of carbonyl (C=O) groups excluding carboxylic acids is 1. The molecule has 0 fully saturated rings. The Morgan fingerprint density at radius 2 is 2.17 bits per heavy atom. The Balaban J connectivity index is 1.93. The molecular weight excluding hydrogens is 224 g/mol. The first-order chi connectivity index (χ1) is 8.61. The monoisotopic (exact) mass is 246 g/mol. The molecule has 3 nitrogen and oxygen atoms in total. The van der Waals surface area contributed by atoms with Crippen LogP contribution in [0.1, 0.15) is 32.8 Å². The highest BCUT2D eigenvalue weighted by Crippen LogP contribution is 2.25. The van der Waals surface area contributed by atoms with Crippen LogP contribution in [0.3, 0.4) is 0 Å². The smallest absolute Gasteiger partial charge is 0.243 e. The summed E-state index contributed by atoms with van der Waals surface area (Å²) in [6, 6.07) is 8.23. The zero-order valence-corrected chi connectivity index (χ0v) is 11.4. The van der Waals surface area contributed by atoms with Crippen LogP contribution in [0, 0.1) is 5.92 Å². The minimum atomic E-state index is -0.117. The van der Waals surface area contributed by atoms with Gasteiger partial charge in [0.05, 0.1) is 0 Å². The molecule has 1 aromatic rings. The highest BCUT2D eigenvalue weighted by Gasteiger charge is 2.27. The van der Waals surface area contributed by atoms with E-state index in [4.69, 9.17) is 0 Å². The van der Waals surface area contributed by atoms with E-state index in [1.54, 1.807) is 0 Å². The second-order valence-corrected chi connectivity index (χ2v) is 5.24. The van der Waals surface area contributed by atoms with Gasteiger partial charge in [0, 0.05) is 18.2 Å². The van der Waals surface area contributed by atoms with E-state index in [1.807, 2.05) is 18.2 Å². The van der Waals surface area contributed by atoms with Crippen LogP contribution in [0.25, 0.3) is 0 Å². The normalized spacial score (nSPS) is 20.7. The average Bonchev–Trinajstić information content (AvgIpc) is 2.81. The van der Waals surface area contributed by atoms with E-state index in [0.29, 0.717) is 5.92 Å². The van der Waals surface area contributed by atoms with Gasteiger partial charge < -0.3 is 10.6 Å².